The number of aryl methyl sites for hydroxylation is 1. The lowest BCUT2D eigenvalue weighted by Gasteiger charge is -2.12. The van der Waals surface area contributed by atoms with E-state index in [0.717, 1.165) is 12.8 Å². The van der Waals surface area contributed by atoms with Gasteiger partial charge in [0.15, 0.2) is 0 Å². The van der Waals surface area contributed by atoms with Gasteiger partial charge in [0.2, 0.25) is 0 Å². The highest BCUT2D eigenvalue weighted by molar-refractivity contribution is 5.97. The third-order valence-corrected chi connectivity index (χ3v) is 2.75. The van der Waals surface area contributed by atoms with Gasteiger partial charge in [0.05, 0.1) is 11.8 Å². The molecule has 2 N–H and O–H groups in total. The van der Waals surface area contributed by atoms with Gasteiger partial charge in [0, 0.05) is 0 Å². The monoisotopic (exact) mass is 223 g/mol. The number of furan rings is 1. The second-order valence-electron chi connectivity index (χ2n) is 4.02. The Hall–Kier alpha value is -1.78. The van der Waals surface area contributed by atoms with Crippen molar-refractivity contribution in [1.82, 2.24) is 5.32 Å². The summed E-state index contributed by atoms with van der Waals surface area (Å²) in [6.07, 6.45) is 3.14. The Morgan fingerprint density at radius 2 is 2.25 bits per heavy atom. The molecule has 5 heteroatoms. The molecule has 0 bridgehead atoms. The lowest BCUT2D eigenvalue weighted by atomic mass is 10.1. The summed E-state index contributed by atoms with van der Waals surface area (Å²) in [7, 11) is 0. The van der Waals surface area contributed by atoms with Crippen LogP contribution < -0.4 is 5.32 Å². The van der Waals surface area contributed by atoms with E-state index in [1.165, 1.54) is 12.3 Å². The molecule has 1 aromatic rings. The van der Waals surface area contributed by atoms with Gasteiger partial charge in [0.25, 0.3) is 5.91 Å². The van der Waals surface area contributed by atoms with E-state index in [1.807, 2.05) is 0 Å². The molecular formula is C11H13NO4. The van der Waals surface area contributed by atoms with Gasteiger partial charge in [0.1, 0.15) is 11.8 Å². The van der Waals surface area contributed by atoms with Crippen molar-refractivity contribution >= 4 is 11.9 Å². The van der Waals surface area contributed by atoms with Crippen LogP contribution in [0.5, 0.6) is 0 Å². The molecule has 1 amide bonds. The Morgan fingerprint density at radius 3 is 2.69 bits per heavy atom. The number of hydrogen-bond donors (Lipinski definition) is 2. The van der Waals surface area contributed by atoms with E-state index in [0.29, 0.717) is 11.3 Å². The van der Waals surface area contributed by atoms with Crippen molar-refractivity contribution in [3.05, 3.63) is 23.7 Å². The number of rotatable bonds is 4. The van der Waals surface area contributed by atoms with E-state index >= 15 is 0 Å². The third-order valence-electron chi connectivity index (χ3n) is 2.75. The Morgan fingerprint density at radius 1 is 1.56 bits per heavy atom. The van der Waals surface area contributed by atoms with Gasteiger partial charge in [-0.3, -0.25) is 4.79 Å². The van der Waals surface area contributed by atoms with Crippen LogP contribution in [0.25, 0.3) is 0 Å². The van der Waals surface area contributed by atoms with Crippen molar-refractivity contribution in [3.8, 4) is 0 Å². The van der Waals surface area contributed by atoms with E-state index in [4.69, 9.17) is 9.52 Å². The minimum Gasteiger partial charge on any atom is -0.480 e. The first-order valence-electron chi connectivity index (χ1n) is 5.17. The van der Waals surface area contributed by atoms with Crippen molar-refractivity contribution < 1.29 is 19.1 Å². The van der Waals surface area contributed by atoms with Crippen molar-refractivity contribution in [2.75, 3.05) is 0 Å². The zero-order valence-corrected chi connectivity index (χ0v) is 8.90. The summed E-state index contributed by atoms with van der Waals surface area (Å²) < 4.78 is 5.00. The summed E-state index contributed by atoms with van der Waals surface area (Å²) >= 11 is 0. The molecular weight excluding hydrogens is 210 g/mol. The number of nitrogens with one attached hydrogen (secondary N) is 1. The fraction of sp³-hybridized carbons (Fsp3) is 0.455. The largest absolute Gasteiger partial charge is 0.480 e. The zero-order valence-electron chi connectivity index (χ0n) is 8.90. The molecule has 0 aromatic carbocycles. The predicted molar refractivity (Wildman–Crippen MR) is 55.1 cm³/mol. The molecule has 1 fully saturated rings. The molecule has 0 aliphatic heterocycles. The molecule has 0 radical (unpaired) electrons. The average Bonchev–Trinajstić information content (AvgIpc) is 2.96. The fourth-order valence-corrected chi connectivity index (χ4v) is 1.65. The summed E-state index contributed by atoms with van der Waals surface area (Å²) in [6.45, 7) is 1.67. The molecule has 86 valence electrons. The molecule has 1 aliphatic rings. The standard InChI is InChI=1S/C11H13NO4/c1-6-8(4-5-16-6)10(13)12-9(11(14)15)7-2-3-7/h4-5,7,9H,2-3H2,1H3,(H,12,13)(H,14,15). The number of aliphatic carboxylic acids is 1. The highest BCUT2D eigenvalue weighted by Crippen LogP contribution is 2.32. The lowest BCUT2D eigenvalue weighted by molar-refractivity contribution is -0.139. The Labute approximate surface area is 92.4 Å². The van der Waals surface area contributed by atoms with E-state index in [1.54, 1.807) is 6.92 Å². The topological polar surface area (TPSA) is 79.5 Å². The molecule has 1 unspecified atom stereocenters. The molecule has 2 rings (SSSR count). The minimum absolute atomic E-state index is 0.0775. The lowest BCUT2D eigenvalue weighted by Crippen LogP contribution is -2.42. The number of amides is 1. The quantitative estimate of drug-likeness (QED) is 0.803. The van der Waals surface area contributed by atoms with Crippen LogP contribution in [0.1, 0.15) is 29.0 Å². The second-order valence-corrected chi connectivity index (χ2v) is 4.02. The number of hydrogen-bond acceptors (Lipinski definition) is 3. The maximum Gasteiger partial charge on any atom is 0.326 e. The number of carbonyl (C=O) groups excluding carboxylic acids is 1. The van der Waals surface area contributed by atoms with Gasteiger partial charge in [-0.25, -0.2) is 4.79 Å². The first-order valence-corrected chi connectivity index (χ1v) is 5.17. The van der Waals surface area contributed by atoms with Crippen LogP contribution in [0.4, 0.5) is 0 Å². The summed E-state index contributed by atoms with van der Waals surface area (Å²) in [5, 5.41) is 11.5. The average molecular weight is 223 g/mol. The molecule has 5 nitrogen and oxygen atoms in total. The summed E-state index contributed by atoms with van der Waals surface area (Å²) in [5.41, 5.74) is 0.395. The number of carbonyl (C=O) groups is 2. The molecule has 1 aromatic heterocycles. The van der Waals surface area contributed by atoms with Gasteiger partial charge in [-0.05, 0) is 31.7 Å². The van der Waals surface area contributed by atoms with E-state index in [9.17, 15) is 9.59 Å². The molecule has 1 aliphatic carbocycles. The Kier molecular flexibility index (Phi) is 2.68. The van der Waals surface area contributed by atoms with Crippen molar-refractivity contribution in [2.24, 2.45) is 5.92 Å². The van der Waals surface area contributed by atoms with Gasteiger partial charge in [-0.15, -0.1) is 0 Å². The highest BCUT2D eigenvalue weighted by Gasteiger charge is 2.37. The molecule has 16 heavy (non-hydrogen) atoms. The summed E-state index contributed by atoms with van der Waals surface area (Å²) in [6, 6.07) is 0.762. The molecule has 0 saturated heterocycles. The van der Waals surface area contributed by atoms with Crippen LogP contribution in [-0.4, -0.2) is 23.0 Å². The normalized spacial score (nSPS) is 16.8. The summed E-state index contributed by atoms with van der Waals surface area (Å²) in [5.74, 6) is -0.784. The fourth-order valence-electron chi connectivity index (χ4n) is 1.65. The van der Waals surface area contributed by atoms with Crippen molar-refractivity contribution in [1.29, 1.82) is 0 Å². The van der Waals surface area contributed by atoms with Gasteiger partial charge < -0.3 is 14.8 Å². The van der Waals surface area contributed by atoms with Crippen LogP contribution in [0.2, 0.25) is 0 Å². The van der Waals surface area contributed by atoms with Gasteiger partial charge in [-0.1, -0.05) is 0 Å². The van der Waals surface area contributed by atoms with Gasteiger partial charge >= 0.3 is 5.97 Å². The maximum absolute atomic E-state index is 11.7. The summed E-state index contributed by atoms with van der Waals surface area (Å²) in [4.78, 5) is 22.7. The maximum atomic E-state index is 11.7. The van der Waals surface area contributed by atoms with Crippen LogP contribution in [0.3, 0.4) is 0 Å². The second kappa shape index (κ2) is 4.00. The zero-order chi connectivity index (χ0) is 11.7. The van der Waals surface area contributed by atoms with Crippen LogP contribution in [-0.2, 0) is 4.79 Å². The molecule has 1 heterocycles. The Bertz CT molecular complexity index is 419. The smallest absolute Gasteiger partial charge is 0.326 e. The first kappa shape index (κ1) is 10.7. The molecule has 1 atom stereocenters. The third kappa shape index (κ3) is 2.08. The van der Waals surface area contributed by atoms with Crippen LogP contribution >= 0.6 is 0 Å². The van der Waals surface area contributed by atoms with E-state index in [2.05, 4.69) is 5.32 Å². The van der Waals surface area contributed by atoms with Crippen molar-refractivity contribution in [3.63, 3.8) is 0 Å². The SMILES string of the molecule is Cc1occc1C(=O)NC(C(=O)O)C1CC1. The van der Waals surface area contributed by atoms with E-state index < -0.39 is 12.0 Å². The van der Waals surface area contributed by atoms with Crippen molar-refractivity contribution in [2.45, 2.75) is 25.8 Å². The van der Waals surface area contributed by atoms with Crippen LogP contribution in [0.15, 0.2) is 16.7 Å². The van der Waals surface area contributed by atoms with E-state index in [-0.39, 0.29) is 11.8 Å². The number of carboxylic acids is 1. The molecule has 1 saturated carbocycles. The van der Waals surface area contributed by atoms with Gasteiger partial charge in [-0.2, -0.15) is 0 Å². The number of carboxylic acid groups (broad SMARTS) is 1. The molecule has 0 spiro atoms. The predicted octanol–water partition coefficient (Wildman–Crippen LogP) is 1.18. The Balaban J connectivity index is 2.06. The first-order chi connectivity index (χ1) is 7.59. The minimum atomic E-state index is -0.975. The van der Waals surface area contributed by atoms with Crippen LogP contribution in [0, 0.1) is 12.8 Å². The highest BCUT2D eigenvalue weighted by atomic mass is 16.4.